The smallest absolute Gasteiger partial charge is 0.268 e. The zero-order chi connectivity index (χ0) is 14.6. The van der Waals surface area contributed by atoms with Crippen molar-refractivity contribution in [3.05, 3.63) is 22.4 Å². The summed E-state index contributed by atoms with van der Waals surface area (Å²) in [7, 11) is 0. The van der Waals surface area contributed by atoms with Gasteiger partial charge in [0.1, 0.15) is 5.69 Å². The maximum Gasteiger partial charge on any atom is 0.268 e. The van der Waals surface area contributed by atoms with Gasteiger partial charge >= 0.3 is 0 Å². The number of rotatable bonds is 6. The largest absolute Gasteiger partial charge is 0.344 e. The second kappa shape index (κ2) is 6.57. The number of amides is 1. The topological polar surface area (TPSA) is 60.0 Å². The molecule has 5 heteroatoms. The second-order valence-corrected chi connectivity index (χ2v) is 6.38. The molecule has 0 saturated heterocycles. The first kappa shape index (κ1) is 16.2. The molecule has 3 N–H and O–H groups in total. The van der Waals surface area contributed by atoms with Gasteiger partial charge in [0.05, 0.1) is 5.54 Å². The molecule has 1 atom stereocenters. The zero-order valence-electron chi connectivity index (χ0n) is 12.2. The fourth-order valence-corrected chi connectivity index (χ4v) is 2.31. The first-order valence-corrected chi connectivity index (χ1v) is 7.51. The lowest BCUT2D eigenvalue weighted by atomic mass is 9.88. The Kier molecular flexibility index (Phi) is 5.62. The first-order valence-electron chi connectivity index (χ1n) is 6.72. The summed E-state index contributed by atoms with van der Waals surface area (Å²) in [5.41, 5.74) is 6.10. The third kappa shape index (κ3) is 3.83. The minimum Gasteiger partial charge on any atom is -0.344 e. The molecule has 0 saturated carbocycles. The van der Waals surface area contributed by atoms with E-state index < -0.39 is 0 Å². The van der Waals surface area contributed by atoms with Gasteiger partial charge in [0.25, 0.3) is 5.91 Å². The summed E-state index contributed by atoms with van der Waals surface area (Å²) in [4.78, 5) is 12.4. The molecule has 0 aliphatic heterocycles. The van der Waals surface area contributed by atoms with Crippen molar-refractivity contribution in [1.29, 1.82) is 0 Å². The molecule has 0 aromatic carbocycles. The molecule has 0 bridgehead atoms. The Balaban J connectivity index is 2.94. The van der Waals surface area contributed by atoms with Crippen LogP contribution >= 0.6 is 15.9 Å². The van der Waals surface area contributed by atoms with E-state index in [1.54, 1.807) is 0 Å². The highest BCUT2D eigenvalue weighted by Crippen LogP contribution is 2.19. The first-order chi connectivity index (χ1) is 8.84. The van der Waals surface area contributed by atoms with Crippen LogP contribution in [0.5, 0.6) is 0 Å². The standard InChI is InChI=1S/C14H24BrN3O/c1-5-6-18-8-11(15)7-12(18)13(19)17-14(4,9-16)10(2)3/h7-8,10H,5-6,9,16H2,1-4H3,(H,17,19). The van der Waals surface area contributed by atoms with E-state index in [0.717, 1.165) is 17.4 Å². The van der Waals surface area contributed by atoms with E-state index in [-0.39, 0.29) is 17.4 Å². The van der Waals surface area contributed by atoms with Crippen molar-refractivity contribution in [2.75, 3.05) is 6.54 Å². The minimum absolute atomic E-state index is 0.0687. The number of aromatic nitrogens is 1. The van der Waals surface area contributed by atoms with Crippen LogP contribution in [0, 0.1) is 5.92 Å². The maximum atomic E-state index is 12.4. The number of hydrogen-bond donors (Lipinski definition) is 2. The molecular weight excluding hydrogens is 306 g/mol. The number of halogens is 1. The number of hydrogen-bond acceptors (Lipinski definition) is 2. The number of nitrogens with one attached hydrogen (secondary N) is 1. The summed E-state index contributed by atoms with van der Waals surface area (Å²) in [6.45, 7) is 9.45. The van der Waals surface area contributed by atoms with Crippen molar-refractivity contribution in [2.24, 2.45) is 11.7 Å². The van der Waals surface area contributed by atoms with E-state index in [1.807, 2.05) is 23.8 Å². The zero-order valence-corrected chi connectivity index (χ0v) is 13.8. The van der Waals surface area contributed by atoms with E-state index in [0.29, 0.717) is 12.2 Å². The van der Waals surface area contributed by atoms with Crippen molar-refractivity contribution < 1.29 is 4.79 Å². The highest BCUT2D eigenvalue weighted by molar-refractivity contribution is 9.10. The summed E-state index contributed by atoms with van der Waals surface area (Å²) in [6.07, 6.45) is 2.92. The van der Waals surface area contributed by atoms with Crippen molar-refractivity contribution in [3.63, 3.8) is 0 Å². The Labute approximate surface area is 123 Å². The Morgan fingerprint density at radius 1 is 1.58 bits per heavy atom. The van der Waals surface area contributed by atoms with Gasteiger partial charge in [-0.1, -0.05) is 20.8 Å². The fraction of sp³-hybridized carbons (Fsp3) is 0.643. The van der Waals surface area contributed by atoms with Gasteiger partial charge in [0.2, 0.25) is 0 Å². The number of aryl methyl sites for hydroxylation is 1. The van der Waals surface area contributed by atoms with Crippen molar-refractivity contribution in [2.45, 2.75) is 46.2 Å². The second-order valence-electron chi connectivity index (χ2n) is 5.47. The minimum atomic E-state index is -0.384. The van der Waals surface area contributed by atoms with Crippen molar-refractivity contribution in [1.82, 2.24) is 9.88 Å². The molecule has 0 spiro atoms. The quantitative estimate of drug-likeness (QED) is 0.843. The summed E-state index contributed by atoms with van der Waals surface area (Å²) < 4.78 is 2.89. The third-order valence-corrected chi connectivity index (χ3v) is 4.09. The molecule has 1 amide bonds. The molecule has 19 heavy (non-hydrogen) atoms. The van der Waals surface area contributed by atoms with Crippen LogP contribution in [-0.4, -0.2) is 22.6 Å². The van der Waals surface area contributed by atoms with Crippen LogP contribution < -0.4 is 11.1 Å². The lowest BCUT2D eigenvalue weighted by molar-refractivity contribution is 0.0873. The van der Waals surface area contributed by atoms with Gasteiger partial charge in [0, 0.05) is 23.8 Å². The summed E-state index contributed by atoms with van der Waals surface area (Å²) in [5.74, 6) is 0.209. The fourth-order valence-electron chi connectivity index (χ4n) is 1.85. The molecule has 0 aliphatic rings. The van der Waals surface area contributed by atoms with Gasteiger partial charge in [-0.25, -0.2) is 0 Å². The monoisotopic (exact) mass is 329 g/mol. The summed E-state index contributed by atoms with van der Waals surface area (Å²) in [6, 6.07) is 1.85. The molecule has 1 unspecified atom stereocenters. The van der Waals surface area contributed by atoms with E-state index in [2.05, 4.69) is 42.0 Å². The normalized spacial score (nSPS) is 14.5. The van der Waals surface area contributed by atoms with E-state index >= 15 is 0 Å². The Morgan fingerprint density at radius 2 is 2.21 bits per heavy atom. The predicted octanol–water partition coefficient (Wildman–Crippen LogP) is 2.76. The van der Waals surface area contributed by atoms with Crippen molar-refractivity contribution >= 4 is 21.8 Å². The van der Waals surface area contributed by atoms with Crippen LogP contribution in [0.25, 0.3) is 0 Å². The lowest BCUT2D eigenvalue weighted by Gasteiger charge is -2.33. The van der Waals surface area contributed by atoms with Gasteiger partial charge in [-0.15, -0.1) is 0 Å². The van der Waals surface area contributed by atoms with Crippen LogP contribution in [0.4, 0.5) is 0 Å². The number of carbonyl (C=O) groups excluding carboxylic acids is 1. The third-order valence-electron chi connectivity index (χ3n) is 3.66. The molecular formula is C14H24BrN3O. The number of carbonyl (C=O) groups is 1. The molecule has 1 aromatic rings. The number of nitrogens with two attached hydrogens (primary N) is 1. The highest BCUT2D eigenvalue weighted by Gasteiger charge is 2.29. The summed E-state index contributed by atoms with van der Waals surface area (Å²) >= 11 is 3.42. The van der Waals surface area contributed by atoms with E-state index in [4.69, 9.17) is 5.73 Å². The van der Waals surface area contributed by atoms with Crippen LogP contribution in [0.2, 0.25) is 0 Å². The molecule has 1 rings (SSSR count). The van der Waals surface area contributed by atoms with E-state index in [1.165, 1.54) is 0 Å². The molecule has 108 valence electrons. The lowest BCUT2D eigenvalue weighted by Crippen LogP contribution is -2.55. The predicted molar refractivity (Wildman–Crippen MR) is 82.2 cm³/mol. The Morgan fingerprint density at radius 3 is 2.68 bits per heavy atom. The van der Waals surface area contributed by atoms with E-state index in [9.17, 15) is 4.79 Å². The average molecular weight is 330 g/mol. The molecule has 0 radical (unpaired) electrons. The van der Waals surface area contributed by atoms with Crippen LogP contribution in [-0.2, 0) is 6.54 Å². The van der Waals surface area contributed by atoms with Gasteiger partial charge in [0.15, 0.2) is 0 Å². The molecule has 1 heterocycles. The summed E-state index contributed by atoms with van der Waals surface area (Å²) in [5, 5.41) is 3.07. The number of nitrogens with zero attached hydrogens (tertiary/aromatic N) is 1. The van der Waals surface area contributed by atoms with Gasteiger partial charge in [-0.05, 0) is 41.3 Å². The maximum absolute atomic E-state index is 12.4. The molecule has 0 aliphatic carbocycles. The molecule has 1 aromatic heterocycles. The SMILES string of the molecule is CCCn1cc(Br)cc1C(=O)NC(C)(CN)C(C)C. The Hall–Kier alpha value is -0.810. The Bertz CT molecular complexity index is 442. The highest BCUT2D eigenvalue weighted by atomic mass is 79.9. The van der Waals surface area contributed by atoms with Gasteiger partial charge in [-0.2, -0.15) is 0 Å². The van der Waals surface area contributed by atoms with Gasteiger partial charge in [-0.3, -0.25) is 4.79 Å². The van der Waals surface area contributed by atoms with Crippen LogP contribution in [0.1, 0.15) is 44.6 Å². The molecule has 0 fully saturated rings. The van der Waals surface area contributed by atoms with Crippen LogP contribution in [0.15, 0.2) is 16.7 Å². The van der Waals surface area contributed by atoms with Crippen molar-refractivity contribution in [3.8, 4) is 0 Å². The van der Waals surface area contributed by atoms with Crippen LogP contribution in [0.3, 0.4) is 0 Å². The molecule has 4 nitrogen and oxygen atoms in total. The van der Waals surface area contributed by atoms with Gasteiger partial charge < -0.3 is 15.6 Å². The average Bonchev–Trinajstić information content (AvgIpc) is 2.70.